The molecule has 1 saturated heterocycles. The van der Waals surface area contributed by atoms with E-state index >= 15 is 0 Å². The van der Waals surface area contributed by atoms with E-state index in [0.29, 0.717) is 0 Å². The predicted octanol–water partition coefficient (Wildman–Crippen LogP) is -0.744. The summed E-state index contributed by atoms with van der Waals surface area (Å²) >= 11 is 0. The Morgan fingerprint density at radius 3 is 2.75 bits per heavy atom. The zero-order valence-corrected chi connectivity index (χ0v) is 9.44. The number of hydrogen-bond acceptors (Lipinski definition) is 4. The van der Waals surface area contributed by atoms with Crippen LogP contribution in [0.1, 0.15) is 16.3 Å². The first-order chi connectivity index (χ1) is 7.65. The van der Waals surface area contributed by atoms with Gasteiger partial charge in [-0.2, -0.15) is 0 Å². The van der Waals surface area contributed by atoms with Crippen LogP contribution < -0.4 is 5.73 Å². The second-order valence-corrected chi connectivity index (χ2v) is 4.18. The van der Waals surface area contributed by atoms with E-state index in [1.54, 1.807) is 6.20 Å². The number of primary amides is 1. The molecule has 1 aromatic rings. The van der Waals surface area contributed by atoms with Gasteiger partial charge in [-0.25, -0.2) is 4.98 Å². The maximum absolute atomic E-state index is 10.9. The number of hydrogen-bond donors (Lipinski definition) is 2. The van der Waals surface area contributed by atoms with Crippen LogP contribution in [0.3, 0.4) is 0 Å². The van der Waals surface area contributed by atoms with Gasteiger partial charge in [0.25, 0.3) is 5.91 Å². The third-order valence-electron chi connectivity index (χ3n) is 2.85. The van der Waals surface area contributed by atoms with Crippen LogP contribution in [0.4, 0.5) is 0 Å². The van der Waals surface area contributed by atoms with E-state index in [4.69, 9.17) is 5.73 Å². The van der Waals surface area contributed by atoms with Crippen LogP contribution in [0, 0.1) is 0 Å². The maximum Gasteiger partial charge on any atom is 0.284 e. The van der Waals surface area contributed by atoms with Gasteiger partial charge in [-0.05, 0) is 7.05 Å². The number of nitrogens with zero attached hydrogens (tertiary/aromatic N) is 3. The number of amides is 1. The van der Waals surface area contributed by atoms with Crippen molar-refractivity contribution >= 4 is 5.91 Å². The molecule has 0 saturated carbocycles. The fraction of sp³-hybridized carbons (Fsp3) is 0.600. The summed E-state index contributed by atoms with van der Waals surface area (Å²) in [6, 6.07) is 0. The zero-order valence-electron chi connectivity index (χ0n) is 9.44. The Kier molecular flexibility index (Phi) is 3.21. The van der Waals surface area contributed by atoms with Crippen molar-refractivity contribution in [3.63, 3.8) is 0 Å². The Labute approximate surface area is 94.4 Å². The monoisotopic (exact) mass is 223 g/mol. The quantitative estimate of drug-likeness (QED) is 0.707. The van der Waals surface area contributed by atoms with E-state index in [-0.39, 0.29) is 5.82 Å². The van der Waals surface area contributed by atoms with Gasteiger partial charge in [0.15, 0.2) is 5.82 Å². The first-order valence-electron chi connectivity index (χ1n) is 5.40. The summed E-state index contributed by atoms with van der Waals surface area (Å²) in [5.41, 5.74) is 6.00. The smallest absolute Gasteiger partial charge is 0.284 e. The highest BCUT2D eigenvalue weighted by molar-refractivity contribution is 5.88. The summed E-state index contributed by atoms with van der Waals surface area (Å²) in [5.74, 6) is -0.270. The highest BCUT2D eigenvalue weighted by atomic mass is 16.1. The number of nitrogens with two attached hydrogens (primary N) is 1. The van der Waals surface area contributed by atoms with Gasteiger partial charge in [-0.1, -0.05) is 0 Å². The van der Waals surface area contributed by atoms with Crippen LogP contribution in [-0.4, -0.2) is 58.9 Å². The molecule has 1 aromatic heterocycles. The van der Waals surface area contributed by atoms with Crippen molar-refractivity contribution in [2.24, 2.45) is 5.73 Å². The van der Waals surface area contributed by atoms with E-state index in [0.717, 1.165) is 38.4 Å². The summed E-state index contributed by atoms with van der Waals surface area (Å²) in [7, 11) is 2.12. The van der Waals surface area contributed by atoms with E-state index in [9.17, 15) is 4.79 Å². The summed E-state index contributed by atoms with van der Waals surface area (Å²) in [4.78, 5) is 22.4. The van der Waals surface area contributed by atoms with Crippen molar-refractivity contribution in [3.05, 3.63) is 17.7 Å². The average Bonchev–Trinajstić information content (AvgIpc) is 2.70. The van der Waals surface area contributed by atoms with Gasteiger partial charge in [0.1, 0.15) is 0 Å². The van der Waals surface area contributed by atoms with Crippen molar-refractivity contribution in [2.45, 2.75) is 6.54 Å². The topological polar surface area (TPSA) is 78.2 Å². The molecule has 1 amide bonds. The van der Waals surface area contributed by atoms with E-state index < -0.39 is 5.91 Å². The van der Waals surface area contributed by atoms with Gasteiger partial charge < -0.3 is 15.6 Å². The SMILES string of the molecule is CN1CCN(Cc2c[nH]c(C(N)=O)n2)CC1. The molecule has 0 spiro atoms. The number of aromatic nitrogens is 2. The lowest BCUT2D eigenvalue weighted by molar-refractivity contribution is 0.0991. The molecule has 3 N–H and O–H groups in total. The molecule has 0 bridgehead atoms. The number of H-pyrrole nitrogens is 1. The standard InChI is InChI=1S/C10H17N5O/c1-14-2-4-15(5-3-14)7-8-6-12-10(13-8)9(11)16/h6H,2-5,7H2,1H3,(H2,11,16)(H,12,13). The lowest BCUT2D eigenvalue weighted by Gasteiger charge is -2.31. The number of carbonyl (C=O) groups excluding carboxylic acids is 1. The molecule has 0 aromatic carbocycles. The third-order valence-corrected chi connectivity index (χ3v) is 2.85. The van der Waals surface area contributed by atoms with Crippen LogP contribution in [0.5, 0.6) is 0 Å². The molecule has 6 nitrogen and oxygen atoms in total. The van der Waals surface area contributed by atoms with Crippen molar-refractivity contribution in [1.82, 2.24) is 19.8 Å². The number of imidazole rings is 1. The first-order valence-corrected chi connectivity index (χ1v) is 5.40. The van der Waals surface area contributed by atoms with E-state index in [1.165, 1.54) is 0 Å². The maximum atomic E-state index is 10.9. The van der Waals surface area contributed by atoms with Gasteiger partial charge in [0.05, 0.1) is 5.69 Å². The molecule has 2 rings (SSSR count). The first kappa shape index (κ1) is 11.1. The van der Waals surface area contributed by atoms with Crippen LogP contribution in [0.2, 0.25) is 0 Å². The highest BCUT2D eigenvalue weighted by Gasteiger charge is 2.15. The molecule has 2 heterocycles. The van der Waals surface area contributed by atoms with Crippen molar-refractivity contribution in [1.29, 1.82) is 0 Å². The van der Waals surface area contributed by atoms with E-state index in [1.807, 2.05) is 0 Å². The molecule has 1 fully saturated rings. The molecule has 0 unspecified atom stereocenters. The largest absolute Gasteiger partial charge is 0.363 e. The minimum Gasteiger partial charge on any atom is -0.363 e. The molecule has 0 aliphatic carbocycles. The van der Waals surface area contributed by atoms with Gasteiger partial charge in [-0.3, -0.25) is 9.69 Å². The number of carbonyl (C=O) groups is 1. The van der Waals surface area contributed by atoms with Crippen LogP contribution in [-0.2, 0) is 6.54 Å². The fourth-order valence-corrected chi connectivity index (χ4v) is 1.80. The lowest BCUT2D eigenvalue weighted by Crippen LogP contribution is -2.43. The molecule has 0 radical (unpaired) electrons. The summed E-state index contributed by atoms with van der Waals surface area (Å²) in [5, 5.41) is 0. The molecular formula is C10H17N5O. The van der Waals surface area contributed by atoms with Gasteiger partial charge in [0.2, 0.25) is 0 Å². The number of nitrogens with one attached hydrogen (secondary N) is 1. The van der Waals surface area contributed by atoms with Gasteiger partial charge in [0, 0.05) is 38.9 Å². The summed E-state index contributed by atoms with van der Waals surface area (Å²) < 4.78 is 0. The van der Waals surface area contributed by atoms with Crippen LogP contribution in [0.15, 0.2) is 6.20 Å². The molecule has 0 atom stereocenters. The van der Waals surface area contributed by atoms with Crippen molar-refractivity contribution in [2.75, 3.05) is 33.2 Å². The zero-order chi connectivity index (χ0) is 11.5. The minimum atomic E-state index is -0.510. The van der Waals surface area contributed by atoms with Gasteiger partial charge in [-0.15, -0.1) is 0 Å². The van der Waals surface area contributed by atoms with Gasteiger partial charge >= 0.3 is 0 Å². The minimum absolute atomic E-state index is 0.240. The summed E-state index contributed by atoms with van der Waals surface area (Å²) in [6.45, 7) is 5.00. The predicted molar refractivity (Wildman–Crippen MR) is 59.9 cm³/mol. The normalized spacial score (nSPS) is 18.8. The Morgan fingerprint density at radius 1 is 1.50 bits per heavy atom. The van der Waals surface area contributed by atoms with Crippen molar-refractivity contribution in [3.8, 4) is 0 Å². The molecular weight excluding hydrogens is 206 g/mol. The Hall–Kier alpha value is -1.40. The second kappa shape index (κ2) is 4.63. The number of piperazine rings is 1. The molecule has 6 heteroatoms. The molecule has 16 heavy (non-hydrogen) atoms. The van der Waals surface area contributed by atoms with Crippen LogP contribution >= 0.6 is 0 Å². The average molecular weight is 223 g/mol. The van der Waals surface area contributed by atoms with Crippen LogP contribution in [0.25, 0.3) is 0 Å². The molecule has 88 valence electrons. The molecule has 1 aliphatic rings. The van der Waals surface area contributed by atoms with Crippen molar-refractivity contribution < 1.29 is 4.79 Å². The lowest BCUT2D eigenvalue weighted by atomic mass is 10.3. The second-order valence-electron chi connectivity index (χ2n) is 4.18. The number of likely N-dealkylation sites (N-methyl/N-ethyl adjacent to an activating group) is 1. The summed E-state index contributed by atoms with van der Waals surface area (Å²) in [6.07, 6.45) is 1.75. The highest BCUT2D eigenvalue weighted by Crippen LogP contribution is 2.05. The molecule has 1 aliphatic heterocycles. The Morgan fingerprint density at radius 2 is 2.19 bits per heavy atom. The van der Waals surface area contributed by atoms with E-state index in [2.05, 4.69) is 26.8 Å². The Bertz CT molecular complexity index is 367. The Balaban J connectivity index is 1.91. The fourth-order valence-electron chi connectivity index (χ4n) is 1.80. The number of aromatic amines is 1. The number of rotatable bonds is 3. The third kappa shape index (κ3) is 2.59.